The number of ether oxygens (including phenoxy) is 1. The fourth-order valence-corrected chi connectivity index (χ4v) is 4.22. The summed E-state index contributed by atoms with van der Waals surface area (Å²) >= 11 is 6.92. The molecule has 0 radical (unpaired) electrons. The van der Waals surface area contributed by atoms with E-state index < -0.39 is 8.32 Å². The highest BCUT2D eigenvalue weighted by Crippen LogP contribution is 2.37. The zero-order chi connectivity index (χ0) is 15.6. The minimum atomic E-state index is -1.73. The van der Waals surface area contributed by atoms with Gasteiger partial charge in [-0.15, -0.1) is 0 Å². The van der Waals surface area contributed by atoms with Gasteiger partial charge < -0.3 is 9.16 Å². The molecule has 20 heavy (non-hydrogen) atoms. The van der Waals surface area contributed by atoms with Crippen LogP contribution in [0.3, 0.4) is 0 Å². The Kier molecular flexibility index (Phi) is 6.32. The molecule has 1 aromatic carbocycles. The lowest BCUT2D eigenvalue weighted by Gasteiger charge is -2.38. The molecule has 0 unspecified atom stereocenters. The van der Waals surface area contributed by atoms with Crippen LogP contribution in [-0.2, 0) is 4.43 Å². The third kappa shape index (κ3) is 5.51. The molecule has 0 aliphatic carbocycles. The van der Waals surface area contributed by atoms with Gasteiger partial charge in [-0.25, -0.2) is 0 Å². The van der Waals surface area contributed by atoms with Crippen LogP contribution in [0.25, 0.3) is 0 Å². The van der Waals surface area contributed by atoms with E-state index in [-0.39, 0.29) is 11.1 Å². The normalized spacial score (nSPS) is 14.2. The zero-order valence-corrected chi connectivity index (χ0v) is 17.3. The molecule has 0 saturated carbocycles. The van der Waals surface area contributed by atoms with Gasteiger partial charge in [-0.1, -0.05) is 52.6 Å². The second-order valence-corrected chi connectivity index (χ2v) is 13.2. The highest BCUT2D eigenvalue weighted by atomic mass is 79.9. The van der Waals surface area contributed by atoms with E-state index in [2.05, 4.69) is 72.6 Å². The molecule has 0 aliphatic heterocycles. The van der Waals surface area contributed by atoms with Crippen molar-refractivity contribution in [2.45, 2.75) is 51.9 Å². The van der Waals surface area contributed by atoms with E-state index in [1.165, 1.54) is 0 Å². The van der Waals surface area contributed by atoms with E-state index in [0.29, 0.717) is 6.61 Å². The van der Waals surface area contributed by atoms with E-state index in [0.717, 1.165) is 14.7 Å². The van der Waals surface area contributed by atoms with Gasteiger partial charge in [-0.2, -0.15) is 0 Å². The molecular formula is C15H24Br2O2Si. The van der Waals surface area contributed by atoms with Crippen LogP contribution < -0.4 is 4.74 Å². The molecule has 5 heteroatoms. The third-order valence-corrected chi connectivity index (χ3v) is 9.14. The van der Waals surface area contributed by atoms with Crippen LogP contribution in [0.5, 0.6) is 5.75 Å². The Balaban J connectivity index is 2.57. The SMILES string of the molecule is C[C@H](COc1cc(Br)cc(Br)c1)O[Si](C)(C)C(C)(C)C. The maximum absolute atomic E-state index is 6.27. The summed E-state index contributed by atoms with van der Waals surface area (Å²) in [5, 5.41) is 0.222. The van der Waals surface area contributed by atoms with Gasteiger partial charge in [0.1, 0.15) is 12.4 Å². The molecule has 0 bridgehead atoms. The molecule has 0 amide bonds. The van der Waals surface area contributed by atoms with Crippen LogP contribution >= 0.6 is 31.9 Å². The minimum Gasteiger partial charge on any atom is -0.491 e. The van der Waals surface area contributed by atoms with Crippen molar-refractivity contribution in [3.8, 4) is 5.75 Å². The van der Waals surface area contributed by atoms with Gasteiger partial charge in [0, 0.05) is 8.95 Å². The van der Waals surface area contributed by atoms with Crippen molar-refractivity contribution < 1.29 is 9.16 Å². The number of rotatable bonds is 5. The lowest BCUT2D eigenvalue weighted by atomic mass is 10.2. The van der Waals surface area contributed by atoms with Crippen molar-refractivity contribution in [1.29, 1.82) is 0 Å². The van der Waals surface area contributed by atoms with Gasteiger partial charge in [0.25, 0.3) is 0 Å². The molecule has 0 fully saturated rings. The Hall–Kier alpha value is 0.157. The predicted molar refractivity (Wildman–Crippen MR) is 95.1 cm³/mol. The molecule has 0 heterocycles. The number of hydrogen-bond donors (Lipinski definition) is 0. The van der Waals surface area contributed by atoms with E-state index >= 15 is 0 Å². The number of hydrogen-bond acceptors (Lipinski definition) is 2. The fourth-order valence-electron chi connectivity index (χ4n) is 1.54. The first kappa shape index (κ1) is 18.2. The van der Waals surface area contributed by atoms with Crippen molar-refractivity contribution in [2.24, 2.45) is 0 Å². The van der Waals surface area contributed by atoms with E-state index in [1.807, 2.05) is 18.2 Å². The van der Waals surface area contributed by atoms with Crippen LogP contribution in [0, 0.1) is 0 Å². The summed E-state index contributed by atoms with van der Waals surface area (Å²) in [6.07, 6.45) is 0.0913. The first-order chi connectivity index (χ1) is 9.01. The second kappa shape index (κ2) is 6.94. The second-order valence-electron chi connectivity index (χ2n) is 6.60. The molecule has 0 N–H and O–H groups in total. The number of benzene rings is 1. The van der Waals surface area contributed by atoms with E-state index in [1.54, 1.807) is 0 Å². The van der Waals surface area contributed by atoms with Crippen LogP contribution in [0.2, 0.25) is 18.1 Å². The molecule has 114 valence electrons. The molecule has 1 aromatic rings. The summed E-state index contributed by atoms with van der Waals surface area (Å²) in [6.45, 7) is 13.9. The lowest BCUT2D eigenvalue weighted by molar-refractivity contribution is 0.129. The molecule has 2 nitrogen and oxygen atoms in total. The Morgan fingerprint density at radius 1 is 1.10 bits per heavy atom. The first-order valence-corrected chi connectivity index (χ1v) is 11.3. The van der Waals surface area contributed by atoms with Crippen LogP contribution in [0.1, 0.15) is 27.7 Å². The van der Waals surface area contributed by atoms with Crippen molar-refractivity contribution in [3.63, 3.8) is 0 Å². The Morgan fingerprint density at radius 3 is 2.05 bits per heavy atom. The maximum atomic E-state index is 6.27. The van der Waals surface area contributed by atoms with Crippen molar-refractivity contribution >= 4 is 40.2 Å². The molecule has 0 aromatic heterocycles. The lowest BCUT2D eigenvalue weighted by Crippen LogP contribution is -2.44. The standard InChI is InChI=1S/C15H24Br2O2Si/c1-11(19-20(5,6)15(2,3)4)10-18-14-8-12(16)7-13(17)9-14/h7-9,11H,10H2,1-6H3/t11-/m1/s1. The quantitative estimate of drug-likeness (QED) is 0.540. The van der Waals surface area contributed by atoms with Gasteiger partial charge >= 0.3 is 0 Å². The zero-order valence-electron chi connectivity index (χ0n) is 13.1. The van der Waals surface area contributed by atoms with Crippen LogP contribution in [0.4, 0.5) is 0 Å². The summed E-state index contributed by atoms with van der Waals surface area (Å²) in [6, 6.07) is 5.91. The van der Waals surface area contributed by atoms with Gasteiger partial charge in [0.15, 0.2) is 8.32 Å². The largest absolute Gasteiger partial charge is 0.491 e. The van der Waals surface area contributed by atoms with Gasteiger partial charge in [0.05, 0.1) is 6.10 Å². The van der Waals surface area contributed by atoms with Crippen molar-refractivity contribution in [3.05, 3.63) is 27.1 Å². The van der Waals surface area contributed by atoms with Crippen LogP contribution in [0.15, 0.2) is 27.1 Å². The molecule has 0 aliphatic rings. The Labute approximate surface area is 140 Å². The minimum absolute atomic E-state index is 0.0913. The summed E-state index contributed by atoms with van der Waals surface area (Å²) in [5.74, 6) is 0.844. The van der Waals surface area contributed by atoms with Crippen LogP contribution in [-0.4, -0.2) is 21.0 Å². The van der Waals surface area contributed by atoms with Gasteiger partial charge in [-0.05, 0) is 43.3 Å². The first-order valence-electron chi connectivity index (χ1n) is 6.78. The van der Waals surface area contributed by atoms with Gasteiger partial charge in [0.2, 0.25) is 0 Å². The van der Waals surface area contributed by atoms with E-state index in [9.17, 15) is 0 Å². The molecule has 1 atom stereocenters. The summed E-state index contributed by atoms with van der Waals surface area (Å²) in [4.78, 5) is 0. The van der Waals surface area contributed by atoms with Gasteiger partial charge in [-0.3, -0.25) is 0 Å². The van der Waals surface area contributed by atoms with Crippen molar-refractivity contribution in [2.75, 3.05) is 6.61 Å². The molecule has 0 saturated heterocycles. The molecule has 0 spiro atoms. The molecule has 1 rings (SSSR count). The van der Waals surface area contributed by atoms with Crippen molar-refractivity contribution in [1.82, 2.24) is 0 Å². The highest BCUT2D eigenvalue weighted by molar-refractivity contribution is 9.11. The number of halogens is 2. The highest BCUT2D eigenvalue weighted by Gasteiger charge is 2.38. The fraction of sp³-hybridized carbons (Fsp3) is 0.600. The molecular weight excluding hydrogens is 400 g/mol. The monoisotopic (exact) mass is 422 g/mol. The Bertz CT molecular complexity index is 435. The average Bonchev–Trinajstić information content (AvgIpc) is 2.22. The summed E-state index contributed by atoms with van der Waals surface area (Å²) in [5.41, 5.74) is 0. The predicted octanol–water partition coefficient (Wildman–Crippen LogP) is 6.00. The third-order valence-electron chi connectivity index (χ3n) is 3.62. The topological polar surface area (TPSA) is 18.5 Å². The maximum Gasteiger partial charge on any atom is 0.192 e. The summed E-state index contributed by atoms with van der Waals surface area (Å²) in [7, 11) is -1.73. The average molecular weight is 424 g/mol. The Morgan fingerprint density at radius 2 is 1.60 bits per heavy atom. The van der Waals surface area contributed by atoms with E-state index in [4.69, 9.17) is 9.16 Å². The smallest absolute Gasteiger partial charge is 0.192 e. The summed E-state index contributed by atoms with van der Waals surface area (Å²) < 4.78 is 14.1.